The summed E-state index contributed by atoms with van der Waals surface area (Å²) in [6, 6.07) is 1.49. The van der Waals surface area contributed by atoms with Gasteiger partial charge in [0.15, 0.2) is 0 Å². The van der Waals surface area contributed by atoms with Crippen LogP contribution in [0, 0.1) is 15.9 Å². The van der Waals surface area contributed by atoms with Crippen molar-refractivity contribution in [2.75, 3.05) is 0 Å². The Morgan fingerprint density at radius 1 is 1.38 bits per heavy atom. The maximum atomic E-state index is 13.2. The topological polar surface area (TPSA) is 118 Å². The predicted octanol–water partition coefficient (Wildman–Crippen LogP) is 0.269. The molecule has 1 heterocycles. The first kappa shape index (κ1) is 14.6. The Hall–Kier alpha value is -2.84. The van der Waals surface area contributed by atoms with Crippen molar-refractivity contribution in [2.45, 2.75) is 18.9 Å². The van der Waals surface area contributed by atoms with E-state index < -0.39 is 40.2 Å². The number of piperidine rings is 1. The van der Waals surface area contributed by atoms with Gasteiger partial charge in [-0.15, -0.1) is 0 Å². The van der Waals surface area contributed by atoms with Crippen molar-refractivity contribution in [3.05, 3.63) is 39.7 Å². The zero-order valence-electron chi connectivity index (χ0n) is 10.6. The first-order valence-corrected chi connectivity index (χ1v) is 5.96. The van der Waals surface area contributed by atoms with E-state index in [1.165, 1.54) is 0 Å². The van der Waals surface area contributed by atoms with E-state index in [-0.39, 0.29) is 18.4 Å². The summed E-state index contributed by atoms with van der Waals surface area (Å²) in [7, 11) is 0. The molecule has 0 radical (unpaired) electrons. The Kier molecular flexibility index (Phi) is 3.92. The summed E-state index contributed by atoms with van der Waals surface area (Å²) in [5.41, 5.74) is -0.838. The van der Waals surface area contributed by atoms with Crippen molar-refractivity contribution in [3.8, 4) is 0 Å². The molecule has 1 unspecified atom stereocenters. The molecule has 1 aliphatic rings. The molecule has 2 rings (SSSR count). The fourth-order valence-corrected chi connectivity index (χ4v) is 1.88. The number of carbonyl (C=O) groups excluding carboxylic acids is 3. The number of nitro groups is 1. The molecule has 2 N–H and O–H groups in total. The number of halogens is 1. The smallest absolute Gasteiger partial charge is 0.273 e. The number of rotatable bonds is 3. The van der Waals surface area contributed by atoms with Crippen LogP contribution in [0.5, 0.6) is 0 Å². The second-order valence-corrected chi connectivity index (χ2v) is 4.43. The summed E-state index contributed by atoms with van der Waals surface area (Å²) in [5, 5.41) is 15.0. The highest BCUT2D eigenvalue weighted by Gasteiger charge is 2.28. The molecule has 21 heavy (non-hydrogen) atoms. The van der Waals surface area contributed by atoms with Gasteiger partial charge in [-0.1, -0.05) is 0 Å². The number of nitrogens with zero attached hydrogens (tertiary/aromatic N) is 1. The quantitative estimate of drug-likeness (QED) is 0.471. The van der Waals surface area contributed by atoms with Gasteiger partial charge in [-0.3, -0.25) is 29.8 Å². The van der Waals surface area contributed by atoms with Crippen LogP contribution in [0.2, 0.25) is 0 Å². The average Bonchev–Trinajstić information content (AvgIpc) is 2.41. The van der Waals surface area contributed by atoms with Crippen molar-refractivity contribution in [1.29, 1.82) is 0 Å². The van der Waals surface area contributed by atoms with Crippen molar-refractivity contribution in [3.63, 3.8) is 0 Å². The van der Waals surface area contributed by atoms with Crippen LogP contribution in [-0.4, -0.2) is 28.7 Å². The van der Waals surface area contributed by atoms with Crippen LogP contribution in [0.15, 0.2) is 18.2 Å². The normalized spacial score (nSPS) is 18.0. The van der Waals surface area contributed by atoms with Gasteiger partial charge < -0.3 is 5.32 Å². The molecule has 110 valence electrons. The summed E-state index contributed by atoms with van der Waals surface area (Å²) < 4.78 is 13.2. The summed E-state index contributed by atoms with van der Waals surface area (Å²) in [4.78, 5) is 44.1. The molecule has 1 aliphatic heterocycles. The largest absolute Gasteiger partial charge is 0.340 e. The van der Waals surface area contributed by atoms with Gasteiger partial charge in [-0.2, -0.15) is 0 Å². The summed E-state index contributed by atoms with van der Waals surface area (Å²) in [6.45, 7) is 0. The number of amides is 3. The van der Waals surface area contributed by atoms with Gasteiger partial charge in [0.25, 0.3) is 11.6 Å². The average molecular weight is 295 g/mol. The first-order chi connectivity index (χ1) is 9.86. The fourth-order valence-electron chi connectivity index (χ4n) is 1.88. The SMILES string of the molecule is O=C1CCC(NC(=O)c2cc(F)cc([N+](=O)[O-])c2)C(=O)N1. The van der Waals surface area contributed by atoms with Gasteiger partial charge in [-0.25, -0.2) is 4.39 Å². The minimum Gasteiger partial charge on any atom is -0.340 e. The van der Waals surface area contributed by atoms with Crippen molar-refractivity contribution < 1.29 is 23.7 Å². The molecule has 9 heteroatoms. The molecule has 0 spiro atoms. The highest BCUT2D eigenvalue weighted by molar-refractivity contribution is 6.03. The summed E-state index contributed by atoms with van der Waals surface area (Å²) in [5.74, 6) is -2.86. The summed E-state index contributed by atoms with van der Waals surface area (Å²) in [6.07, 6.45) is 0.188. The standard InChI is InChI=1S/C12H10FN3O5/c13-7-3-6(4-8(5-7)16(20)21)11(18)14-9-1-2-10(17)15-12(9)19/h3-5,9H,1-2H2,(H,14,18)(H,15,17,19). The molecule has 0 saturated carbocycles. The highest BCUT2D eigenvalue weighted by Crippen LogP contribution is 2.16. The molecule has 1 aromatic rings. The molecule has 0 aliphatic carbocycles. The molecular weight excluding hydrogens is 285 g/mol. The van der Waals surface area contributed by atoms with Crippen molar-refractivity contribution in [1.82, 2.24) is 10.6 Å². The van der Waals surface area contributed by atoms with Crippen LogP contribution in [0.25, 0.3) is 0 Å². The van der Waals surface area contributed by atoms with Crippen LogP contribution in [0.1, 0.15) is 23.2 Å². The Bertz CT molecular complexity index is 646. The van der Waals surface area contributed by atoms with E-state index in [0.717, 1.165) is 12.1 Å². The molecule has 1 aromatic carbocycles. The van der Waals surface area contributed by atoms with Gasteiger partial charge >= 0.3 is 0 Å². The van der Waals surface area contributed by atoms with E-state index in [1.807, 2.05) is 0 Å². The third-order valence-electron chi connectivity index (χ3n) is 2.90. The number of carbonyl (C=O) groups is 3. The second-order valence-electron chi connectivity index (χ2n) is 4.43. The van der Waals surface area contributed by atoms with Crippen LogP contribution in [0.3, 0.4) is 0 Å². The Balaban J connectivity index is 2.15. The van der Waals surface area contributed by atoms with E-state index >= 15 is 0 Å². The van der Waals surface area contributed by atoms with Crippen LogP contribution in [0.4, 0.5) is 10.1 Å². The molecule has 1 atom stereocenters. The lowest BCUT2D eigenvalue weighted by Crippen LogP contribution is -2.52. The van der Waals surface area contributed by atoms with Gasteiger partial charge in [0, 0.05) is 18.1 Å². The third kappa shape index (κ3) is 3.38. The summed E-state index contributed by atoms with van der Waals surface area (Å²) >= 11 is 0. The number of imide groups is 1. The number of hydrogen-bond donors (Lipinski definition) is 2. The molecular formula is C12H10FN3O5. The van der Waals surface area contributed by atoms with E-state index in [1.54, 1.807) is 0 Å². The monoisotopic (exact) mass is 295 g/mol. The number of nitrogens with one attached hydrogen (secondary N) is 2. The van der Waals surface area contributed by atoms with Gasteiger partial charge in [-0.05, 0) is 12.5 Å². The van der Waals surface area contributed by atoms with E-state index in [0.29, 0.717) is 6.07 Å². The fraction of sp³-hybridized carbons (Fsp3) is 0.250. The molecule has 0 aromatic heterocycles. The molecule has 3 amide bonds. The molecule has 1 fully saturated rings. The molecule has 0 bridgehead atoms. The van der Waals surface area contributed by atoms with E-state index in [9.17, 15) is 28.9 Å². The minimum atomic E-state index is -0.933. The predicted molar refractivity (Wildman–Crippen MR) is 66.7 cm³/mol. The number of nitro benzene ring substituents is 1. The number of hydrogen-bond acceptors (Lipinski definition) is 5. The number of benzene rings is 1. The Morgan fingerprint density at radius 2 is 2.10 bits per heavy atom. The van der Waals surface area contributed by atoms with Crippen LogP contribution in [-0.2, 0) is 9.59 Å². The third-order valence-corrected chi connectivity index (χ3v) is 2.90. The van der Waals surface area contributed by atoms with Crippen molar-refractivity contribution >= 4 is 23.4 Å². The van der Waals surface area contributed by atoms with E-state index in [2.05, 4.69) is 10.6 Å². The van der Waals surface area contributed by atoms with Gasteiger partial charge in [0.2, 0.25) is 11.8 Å². The zero-order chi connectivity index (χ0) is 15.6. The lowest BCUT2D eigenvalue weighted by atomic mass is 10.1. The maximum Gasteiger partial charge on any atom is 0.273 e. The van der Waals surface area contributed by atoms with E-state index in [4.69, 9.17) is 0 Å². The molecule has 1 saturated heterocycles. The zero-order valence-corrected chi connectivity index (χ0v) is 10.6. The lowest BCUT2D eigenvalue weighted by molar-refractivity contribution is -0.385. The van der Waals surface area contributed by atoms with Gasteiger partial charge in [0.1, 0.15) is 11.9 Å². The maximum absolute atomic E-state index is 13.2. The molecule has 8 nitrogen and oxygen atoms in total. The second kappa shape index (κ2) is 5.65. The van der Waals surface area contributed by atoms with Gasteiger partial charge in [0.05, 0.1) is 11.0 Å². The lowest BCUT2D eigenvalue weighted by Gasteiger charge is -2.21. The Morgan fingerprint density at radius 3 is 2.71 bits per heavy atom. The Labute approximate surface area is 117 Å². The minimum absolute atomic E-state index is 0.0694. The van der Waals surface area contributed by atoms with Crippen LogP contribution < -0.4 is 10.6 Å². The van der Waals surface area contributed by atoms with Crippen LogP contribution >= 0.6 is 0 Å². The highest BCUT2D eigenvalue weighted by atomic mass is 19.1. The number of non-ortho nitro benzene ring substituents is 1. The first-order valence-electron chi connectivity index (χ1n) is 5.96. The van der Waals surface area contributed by atoms with Crippen molar-refractivity contribution in [2.24, 2.45) is 0 Å².